The van der Waals surface area contributed by atoms with Gasteiger partial charge in [-0.25, -0.2) is 0 Å². The first-order valence-corrected chi connectivity index (χ1v) is 6.18. The van der Waals surface area contributed by atoms with E-state index in [0.717, 1.165) is 10.0 Å². The molecule has 0 saturated heterocycles. The molecule has 1 atom stereocenters. The Balaban J connectivity index is 2.11. The molecule has 96 valence electrons. The molecule has 0 bridgehead atoms. The lowest BCUT2D eigenvalue weighted by atomic mass is 10.0. The molecule has 0 aliphatic carbocycles. The molecular weight excluding hydrogens is 314 g/mol. The van der Waals surface area contributed by atoms with Gasteiger partial charge in [-0.15, -0.1) is 0 Å². The highest BCUT2D eigenvalue weighted by Crippen LogP contribution is 2.28. The van der Waals surface area contributed by atoms with Gasteiger partial charge in [0.05, 0.1) is 11.7 Å². The number of aromatic nitrogens is 4. The van der Waals surface area contributed by atoms with Crippen LogP contribution in [0.2, 0.25) is 0 Å². The molecule has 1 aliphatic rings. The number of tetrazole rings is 1. The van der Waals surface area contributed by atoms with E-state index in [2.05, 4.69) is 36.8 Å². The molecule has 8 heteroatoms. The molecule has 0 saturated carbocycles. The lowest BCUT2D eigenvalue weighted by molar-refractivity contribution is -0.299. The number of fused-ring (bicyclic) bond motifs is 1. The Morgan fingerprint density at radius 3 is 3.05 bits per heavy atom. The standard InChI is InChI=1S/C11H8BrN5O2/c12-7-3-1-2-6(4-7)9-5-8(10(18)19)13-11-14-15-16-17(9)11/h1-5,9H,(H,18,19)(H,13,14,16)/p-1/t9-/m0/s1. The maximum Gasteiger partial charge on any atom is 0.248 e. The minimum absolute atomic E-state index is 0.0488. The van der Waals surface area contributed by atoms with Gasteiger partial charge in [-0.1, -0.05) is 33.2 Å². The molecule has 0 radical (unpaired) electrons. The fourth-order valence-corrected chi connectivity index (χ4v) is 2.32. The van der Waals surface area contributed by atoms with Gasteiger partial charge in [-0.05, 0) is 34.2 Å². The average molecular weight is 321 g/mol. The number of hydrogen-bond acceptors (Lipinski definition) is 6. The number of aliphatic carboxylic acids is 1. The van der Waals surface area contributed by atoms with Crippen LogP contribution in [0, 0.1) is 0 Å². The normalized spacial score (nSPS) is 17.3. The number of halogens is 1. The van der Waals surface area contributed by atoms with E-state index in [9.17, 15) is 9.90 Å². The maximum atomic E-state index is 11.0. The zero-order valence-corrected chi connectivity index (χ0v) is 11.0. The lowest BCUT2D eigenvalue weighted by Gasteiger charge is -2.23. The summed E-state index contributed by atoms with van der Waals surface area (Å²) in [5.41, 5.74) is 0.815. The van der Waals surface area contributed by atoms with Crippen LogP contribution >= 0.6 is 15.9 Å². The van der Waals surface area contributed by atoms with Crippen LogP contribution in [0.3, 0.4) is 0 Å². The van der Waals surface area contributed by atoms with Gasteiger partial charge in [0.25, 0.3) is 0 Å². The van der Waals surface area contributed by atoms with Crippen molar-refractivity contribution in [2.75, 3.05) is 5.32 Å². The van der Waals surface area contributed by atoms with E-state index in [1.165, 1.54) is 10.8 Å². The summed E-state index contributed by atoms with van der Waals surface area (Å²) >= 11 is 3.38. The van der Waals surface area contributed by atoms with Crippen molar-refractivity contribution in [3.63, 3.8) is 0 Å². The molecule has 19 heavy (non-hydrogen) atoms. The van der Waals surface area contributed by atoms with Crippen LogP contribution in [-0.2, 0) is 4.79 Å². The van der Waals surface area contributed by atoms with Gasteiger partial charge in [0.1, 0.15) is 6.04 Å². The number of benzene rings is 1. The Kier molecular flexibility index (Phi) is 2.79. The number of carbonyl (C=O) groups is 1. The molecule has 7 nitrogen and oxygen atoms in total. The third-order valence-corrected chi connectivity index (χ3v) is 3.23. The van der Waals surface area contributed by atoms with Gasteiger partial charge in [0.15, 0.2) is 0 Å². The second kappa shape index (κ2) is 4.47. The summed E-state index contributed by atoms with van der Waals surface area (Å²) in [4.78, 5) is 11.0. The summed E-state index contributed by atoms with van der Waals surface area (Å²) < 4.78 is 2.40. The fourth-order valence-electron chi connectivity index (χ4n) is 1.90. The summed E-state index contributed by atoms with van der Waals surface area (Å²) in [6.07, 6.45) is 1.51. The SMILES string of the molecule is O=C([O-])C1=C[C@@H](c2cccc(Br)c2)n2nnnc2N1. The molecule has 0 amide bonds. The van der Waals surface area contributed by atoms with Crippen molar-refractivity contribution in [2.45, 2.75) is 6.04 Å². The summed E-state index contributed by atoms with van der Waals surface area (Å²) in [7, 11) is 0. The largest absolute Gasteiger partial charge is 0.543 e. The Morgan fingerprint density at radius 1 is 1.47 bits per heavy atom. The monoisotopic (exact) mass is 320 g/mol. The minimum atomic E-state index is -1.30. The van der Waals surface area contributed by atoms with E-state index in [1.54, 1.807) is 0 Å². The van der Waals surface area contributed by atoms with Crippen molar-refractivity contribution < 1.29 is 9.90 Å². The number of carboxylic acid groups (broad SMARTS) is 1. The first-order valence-electron chi connectivity index (χ1n) is 5.38. The Bertz CT molecular complexity index is 681. The number of carbonyl (C=O) groups excluding carboxylic acids is 1. The van der Waals surface area contributed by atoms with Crippen LogP contribution in [0.5, 0.6) is 0 Å². The molecule has 2 heterocycles. The van der Waals surface area contributed by atoms with Crippen molar-refractivity contribution in [3.8, 4) is 0 Å². The van der Waals surface area contributed by atoms with Gasteiger partial charge in [0, 0.05) is 4.47 Å². The number of allylic oxidation sites excluding steroid dienone is 1. The molecular formula is C11H7BrN5O2-. The summed E-state index contributed by atoms with van der Waals surface area (Å²) in [5, 5.41) is 24.7. The van der Waals surface area contributed by atoms with E-state index in [0.29, 0.717) is 0 Å². The maximum absolute atomic E-state index is 11.0. The van der Waals surface area contributed by atoms with E-state index >= 15 is 0 Å². The lowest BCUT2D eigenvalue weighted by Crippen LogP contribution is -2.32. The number of nitrogens with zero attached hydrogens (tertiary/aromatic N) is 4. The van der Waals surface area contributed by atoms with Gasteiger partial charge in [-0.3, -0.25) is 0 Å². The predicted octanol–water partition coefficient (Wildman–Crippen LogP) is 0.0843. The first kappa shape index (κ1) is 11.8. The second-order valence-electron chi connectivity index (χ2n) is 3.94. The van der Waals surface area contributed by atoms with Crippen LogP contribution in [0.1, 0.15) is 11.6 Å². The molecule has 0 unspecified atom stereocenters. The number of nitrogens with one attached hydrogen (secondary N) is 1. The van der Waals surface area contributed by atoms with Crippen LogP contribution in [-0.4, -0.2) is 26.2 Å². The fraction of sp³-hybridized carbons (Fsp3) is 0.0909. The smallest absolute Gasteiger partial charge is 0.248 e. The topological polar surface area (TPSA) is 95.8 Å². The Labute approximate surface area is 116 Å². The van der Waals surface area contributed by atoms with Crippen LogP contribution in [0.4, 0.5) is 5.95 Å². The third-order valence-electron chi connectivity index (χ3n) is 2.74. The number of rotatable bonds is 2. The minimum Gasteiger partial charge on any atom is -0.543 e. The molecule has 1 aliphatic heterocycles. The van der Waals surface area contributed by atoms with E-state index < -0.39 is 12.0 Å². The predicted molar refractivity (Wildman–Crippen MR) is 66.8 cm³/mol. The highest BCUT2D eigenvalue weighted by molar-refractivity contribution is 9.10. The van der Waals surface area contributed by atoms with Crippen molar-refractivity contribution in [1.29, 1.82) is 0 Å². The van der Waals surface area contributed by atoms with E-state index in [1.807, 2.05) is 24.3 Å². The molecule has 1 aromatic heterocycles. The summed E-state index contributed by atoms with van der Waals surface area (Å²) in [6, 6.07) is 7.10. The first-order chi connectivity index (χ1) is 9.15. The number of hydrogen-bond donors (Lipinski definition) is 1. The molecule has 2 aromatic rings. The molecule has 0 fully saturated rings. The third kappa shape index (κ3) is 2.10. The van der Waals surface area contributed by atoms with Crippen LogP contribution < -0.4 is 10.4 Å². The summed E-state index contributed by atoms with van der Waals surface area (Å²) in [5.74, 6) is -1.03. The zero-order valence-electron chi connectivity index (χ0n) is 9.45. The molecule has 0 spiro atoms. The van der Waals surface area contributed by atoms with Crippen molar-refractivity contribution in [3.05, 3.63) is 46.1 Å². The van der Waals surface area contributed by atoms with Crippen molar-refractivity contribution in [1.82, 2.24) is 20.2 Å². The Hall–Kier alpha value is -2.22. The number of anilines is 1. The Morgan fingerprint density at radius 2 is 2.32 bits per heavy atom. The molecule has 1 N–H and O–H groups in total. The van der Waals surface area contributed by atoms with Gasteiger partial charge in [-0.2, -0.15) is 4.68 Å². The summed E-state index contributed by atoms with van der Waals surface area (Å²) in [6.45, 7) is 0. The second-order valence-corrected chi connectivity index (χ2v) is 4.86. The van der Waals surface area contributed by atoms with Gasteiger partial charge < -0.3 is 15.2 Å². The highest BCUT2D eigenvalue weighted by atomic mass is 79.9. The molecule has 1 aromatic carbocycles. The molecule has 3 rings (SSSR count). The highest BCUT2D eigenvalue weighted by Gasteiger charge is 2.23. The van der Waals surface area contributed by atoms with Crippen LogP contribution in [0.25, 0.3) is 0 Å². The quantitative estimate of drug-likeness (QED) is 0.842. The van der Waals surface area contributed by atoms with E-state index in [4.69, 9.17) is 0 Å². The average Bonchev–Trinajstić information content (AvgIpc) is 2.85. The van der Waals surface area contributed by atoms with E-state index in [-0.39, 0.29) is 11.6 Å². The van der Waals surface area contributed by atoms with Gasteiger partial charge in [0.2, 0.25) is 5.95 Å². The zero-order chi connectivity index (χ0) is 13.4. The van der Waals surface area contributed by atoms with Crippen molar-refractivity contribution >= 4 is 27.8 Å². The van der Waals surface area contributed by atoms with Crippen molar-refractivity contribution in [2.24, 2.45) is 0 Å². The van der Waals surface area contributed by atoms with Gasteiger partial charge >= 0.3 is 0 Å². The van der Waals surface area contributed by atoms with Crippen LogP contribution in [0.15, 0.2) is 40.5 Å². The number of carboxylic acids is 1.